The number of aliphatic carboxylic acids is 1. The van der Waals surface area contributed by atoms with Crippen LogP contribution in [0.5, 0.6) is 5.75 Å². The summed E-state index contributed by atoms with van der Waals surface area (Å²) in [6.45, 7) is 3.83. The number of hydrogen-bond donors (Lipinski definition) is 1. The number of hydrogen-bond acceptors (Lipinski definition) is 3. The number of carbonyl (C=O) groups excluding carboxylic acids is 1. The summed E-state index contributed by atoms with van der Waals surface area (Å²) in [5.41, 5.74) is 1.98. The highest BCUT2D eigenvalue weighted by molar-refractivity contribution is 5.97. The van der Waals surface area contributed by atoms with Crippen LogP contribution in [0.4, 0.5) is 23.2 Å². The molecule has 0 spiro atoms. The summed E-state index contributed by atoms with van der Waals surface area (Å²) in [5.74, 6) is -2.40. The number of carboxylic acid groups (broad SMARTS) is 1. The molecule has 1 aliphatic rings. The van der Waals surface area contributed by atoms with Gasteiger partial charge in [0.1, 0.15) is 0 Å². The largest absolute Gasteiger partial charge is 0.481 e. The topological polar surface area (TPSA) is 66.8 Å². The van der Waals surface area contributed by atoms with Gasteiger partial charge < -0.3 is 14.7 Å². The number of benzene rings is 3. The smallest absolute Gasteiger partial charge is 0.416 e. The average Bonchev–Trinajstić information content (AvgIpc) is 3.08. The maximum atomic E-state index is 14.3. The molecule has 0 aliphatic carbocycles. The van der Waals surface area contributed by atoms with Crippen molar-refractivity contribution in [3.63, 3.8) is 0 Å². The Morgan fingerprint density at radius 3 is 2.28 bits per heavy atom. The van der Waals surface area contributed by atoms with Crippen molar-refractivity contribution in [1.29, 1.82) is 0 Å². The van der Waals surface area contributed by atoms with E-state index in [1.54, 1.807) is 17.0 Å². The summed E-state index contributed by atoms with van der Waals surface area (Å²) >= 11 is 0. The number of ether oxygens (including phenoxy) is 1. The van der Waals surface area contributed by atoms with Crippen LogP contribution in [0.15, 0.2) is 60.7 Å². The molecule has 3 aromatic carbocycles. The van der Waals surface area contributed by atoms with Gasteiger partial charge in [0.2, 0.25) is 0 Å². The predicted molar refractivity (Wildman–Crippen MR) is 125 cm³/mol. The molecule has 4 rings (SSSR count). The predicted octanol–water partition coefficient (Wildman–Crippen LogP) is 5.84. The average molecular weight is 501 g/mol. The standard InChI is InChI=1S/C27H23F4NO4/c1-26(2)15-32(24(33)14-36-23-10-3-16(11-21(23)28)12-25(34)35)22-9-6-18(13-20(22)26)17-4-7-19(8-5-17)27(29,30)31/h3-11,13H,12,14-15H2,1-2H3,(H,34,35). The highest BCUT2D eigenvalue weighted by atomic mass is 19.4. The minimum absolute atomic E-state index is 0.158. The van der Waals surface area contributed by atoms with Crippen LogP contribution in [0.2, 0.25) is 0 Å². The van der Waals surface area contributed by atoms with Crippen LogP contribution in [0.25, 0.3) is 11.1 Å². The van der Waals surface area contributed by atoms with E-state index in [2.05, 4.69) is 0 Å². The van der Waals surface area contributed by atoms with Crippen LogP contribution >= 0.6 is 0 Å². The van der Waals surface area contributed by atoms with Crippen molar-refractivity contribution in [2.24, 2.45) is 0 Å². The van der Waals surface area contributed by atoms with Gasteiger partial charge in [-0.3, -0.25) is 9.59 Å². The molecule has 1 aliphatic heterocycles. The summed E-state index contributed by atoms with van der Waals surface area (Å²) in [4.78, 5) is 25.3. The number of anilines is 1. The molecule has 3 aromatic rings. The summed E-state index contributed by atoms with van der Waals surface area (Å²) in [7, 11) is 0. The van der Waals surface area contributed by atoms with Crippen molar-refractivity contribution < 1.29 is 37.0 Å². The van der Waals surface area contributed by atoms with E-state index in [1.807, 2.05) is 19.9 Å². The number of fused-ring (bicyclic) bond motifs is 1. The molecule has 1 N–H and O–H groups in total. The van der Waals surface area contributed by atoms with Gasteiger partial charge >= 0.3 is 12.1 Å². The number of rotatable bonds is 6. The van der Waals surface area contributed by atoms with Crippen molar-refractivity contribution in [1.82, 2.24) is 0 Å². The molecule has 9 heteroatoms. The third kappa shape index (κ3) is 5.19. The van der Waals surface area contributed by atoms with Gasteiger partial charge in [-0.25, -0.2) is 4.39 Å². The second-order valence-corrected chi connectivity index (χ2v) is 9.29. The maximum absolute atomic E-state index is 14.3. The van der Waals surface area contributed by atoms with Gasteiger partial charge in [0, 0.05) is 17.6 Å². The van der Waals surface area contributed by atoms with E-state index in [9.17, 15) is 27.2 Å². The maximum Gasteiger partial charge on any atom is 0.416 e. The third-order valence-electron chi connectivity index (χ3n) is 6.12. The van der Waals surface area contributed by atoms with E-state index < -0.39 is 41.5 Å². The molecule has 0 saturated heterocycles. The molecule has 0 saturated carbocycles. The second kappa shape index (κ2) is 9.29. The molecule has 0 radical (unpaired) electrons. The summed E-state index contributed by atoms with van der Waals surface area (Å²) < 4.78 is 58.3. The number of carboxylic acids is 1. The molecule has 1 amide bonds. The Balaban J connectivity index is 1.51. The highest BCUT2D eigenvalue weighted by Gasteiger charge is 2.38. The third-order valence-corrected chi connectivity index (χ3v) is 6.12. The number of amides is 1. The lowest BCUT2D eigenvalue weighted by Crippen LogP contribution is -2.37. The van der Waals surface area contributed by atoms with Crippen LogP contribution in [0.3, 0.4) is 0 Å². The fourth-order valence-electron chi connectivity index (χ4n) is 4.30. The zero-order valence-corrected chi connectivity index (χ0v) is 19.5. The molecular formula is C27H23F4NO4. The SMILES string of the molecule is CC1(C)CN(C(=O)COc2ccc(CC(=O)O)cc2F)c2ccc(-c3ccc(C(F)(F)F)cc3)cc21. The molecule has 0 aromatic heterocycles. The molecular weight excluding hydrogens is 478 g/mol. The van der Waals surface area contributed by atoms with Gasteiger partial charge in [-0.1, -0.05) is 38.1 Å². The Morgan fingerprint density at radius 1 is 1.00 bits per heavy atom. The lowest BCUT2D eigenvalue weighted by Gasteiger charge is -2.21. The lowest BCUT2D eigenvalue weighted by atomic mass is 9.85. The van der Waals surface area contributed by atoms with Crippen molar-refractivity contribution >= 4 is 17.6 Å². The van der Waals surface area contributed by atoms with Crippen LogP contribution in [0, 0.1) is 5.82 Å². The van der Waals surface area contributed by atoms with Gasteiger partial charge in [0.15, 0.2) is 18.2 Å². The quantitative estimate of drug-likeness (QED) is 0.431. The van der Waals surface area contributed by atoms with Gasteiger partial charge in [0.25, 0.3) is 5.91 Å². The van der Waals surface area contributed by atoms with E-state index in [-0.39, 0.29) is 17.7 Å². The van der Waals surface area contributed by atoms with Crippen molar-refractivity contribution in [3.05, 3.63) is 83.2 Å². The number of halogens is 4. The molecule has 0 fully saturated rings. The number of nitrogens with zero attached hydrogens (tertiary/aromatic N) is 1. The Kier molecular flexibility index (Phi) is 6.51. The fourth-order valence-corrected chi connectivity index (χ4v) is 4.30. The van der Waals surface area contributed by atoms with Gasteiger partial charge in [-0.15, -0.1) is 0 Å². The van der Waals surface area contributed by atoms with Crippen LogP contribution in [-0.4, -0.2) is 30.1 Å². The first-order chi connectivity index (χ1) is 16.8. The molecule has 1 heterocycles. The first-order valence-electron chi connectivity index (χ1n) is 11.1. The molecule has 5 nitrogen and oxygen atoms in total. The Bertz CT molecular complexity index is 1320. The van der Waals surface area contributed by atoms with E-state index >= 15 is 0 Å². The van der Waals surface area contributed by atoms with Crippen molar-refractivity contribution in [2.45, 2.75) is 31.9 Å². The van der Waals surface area contributed by atoms with Crippen LogP contribution in [0.1, 0.15) is 30.5 Å². The monoisotopic (exact) mass is 501 g/mol. The summed E-state index contributed by atoms with van der Waals surface area (Å²) in [6, 6.07) is 14.0. The number of carbonyl (C=O) groups is 2. The second-order valence-electron chi connectivity index (χ2n) is 9.29. The first-order valence-corrected chi connectivity index (χ1v) is 11.1. The van der Waals surface area contributed by atoms with E-state index in [0.717, 1.165) is 29.3 Å². The van der Waals surface area contributed by atoms with Gasteiger partial charge in [-0.2, -0.15) is 13.2 Å². The highest BCUT2D eigenvalue weighted by Crippen LogP contribution is 2.43. The van der Waals surface area contributed by atoms with Gasteiger partial charge in [0.05, 0.1) is 12.0 Å². The zero-order valence-electron chi connectivity index (χ0n) is 19.5. The molecule has 188 valence electrons. The summed E-state index contributed by atoms with van der Waals surface area (Å²) in [6.07, 6.45) is -4.74. The van der Waals surface area contributed by atoms with E-state index in [1.165, 1.54) is 24.3 Å². The fraction of sp³-hybridized carbons (Fsp3) is 0.259. The Morgan fingerprint density at radius 2 is 1.67 bits per heavy atom. The normalized spacial score (nSPS) is 14.4. The molecule has 36 heavy (non-hydrogen) atoms. The Labute approximate surface area is 204 Å². The van der Waals surface area contributed by atoms with Gasteiger partial charge in [-0.05, 0) is 58.7 Å². The summed E-state index contributed by atoms with van der Waals surface area (Å²) in [5, 5.41) is 8.82. The van der Waals surface area contributed by atoms with Crippen molar-refractivity contribution in [2.75, 3.05) is 18.1 Å². The lowest BCUT2D eigenvalue weighted by molar-refractivity contribution is -0.138. The van der Waals surface area contributed by atoms with Crippen LogP contribution in [-0.2, 0) is 27.6 Å². The van der Waals surface area contributed by atoms with Crippen molar-refractivity contribution in [3.8, 4) is 16.9 Å². The number of alkyl halides is 3. The zero-order chi connectivity index (χ0) is 26.3. The minimum atomic E-state index is -4.41. The Hall–Kier alpha value is -3.88. The molecule has 0 bridgehead atoms. The van der Waals surface area contributed by atoms with Crippen LogP contribution < -0.4 is 9.64 Å². The first kappa shape index (κ1) is 25.2. The van der Waals surface area contributed by atoms with E-state index in [4.69, 9.17) is 9.84 Å². The minimum Gasteiger partial charge on any atom is -0.481 e. The van der Waals surface area contributed by atoms with E-state index in [0.29, 0.717) is 17.8 Å². The molecule has 0 unspecified atom stereocenters. The molecule has 0 atom stereocenters.